The van der Waals surface area contributed by atoms with Crippen molar-refractivity contribution in [3.63, 3.8) is 0 Å². The molecular formula is C25H21FN2O5. The zero-order valence-corrected chi connectivity index (χ0v) is 18.0. The standard InChI is InChI=1S/C25H21FN2O5/c1-32-18-8-9-19(20(12-18)33-2)23(29)21-22(16-6-3-7-17(26)11-16)28(25(31)24(21)30)14-15-5-4-10-27-13-15/h3-13,22,29H,14H2,1-2H3. The summed E-state index contributed by atoms with van der Waals surface area (Å²) in [5.74, 6) is -1.88. The molecule has 0 saturated carbocycles. The van der Waals surface area contributed by atoms with Crippen LogP contribution < -0.4 is 9.47 Å². The summed E-state index contributed by atoms with van der Waals surface area (Å²) in [5.41, 5.74) is 1.09. The Bertz CT molecular complexity index is 1240. The Labute approximate surface area is 189 Å². The van der Waals surface area contributed by atoms with Gasteiger partial charge in [0.05, 0.1) is 31.4 Å². The van der Waals surface area contributed by atoms with Crippen LogP contribution in [0.3, 0.4) is 0 Å². The Balaban J connectivity index is 1.90. The number of amides is 1. The Morgan fingerprint density at radius 3 is 2.58 bits per heavy atom. The first-order valence-electron chi connectivity index (χ1n) is 10.1. The molecule has 4 rings (SSSR count). The van der Waals surface area contributed by atoms with Crippen LogP contribution in [-0.4, -0.2) is 40.9 Å². The molecule has 0 radical (unpaired) electrons. The third-order valence-corrected chi connectivity index (χ3v) is 5.44. The second kappa shape index (κ2) is 9.12. The van der Waals surface area contributed by atoms with Gasteiger partial charge in [0, 0.05) is 25.0 Å². The van der Waals surface area contributed by atoms with Gasteiger partial charge in [-0.15, -0.1) is 0 Å². The minimum absolute atomic E-state index is 0.0517. The fourth-order valence-corrected chi connectivity index (χ4v) is 3.89. The summed E-state index contributed by atoms with van der Waals surface area (Å²) in [6.07, 6.45) is 3.17. The molecule has 0 spiro atoms. The number of rotatable bonds is 6. The second-order valence-corrected chi connectivity index (χ2v) is 7.41. The number of hydrogen-bond donors (Lipinski definition) is 1. The maximum absolute atomic E-state index is 14.1. The first kappa shape index (κ1) is 22.0. The van der Waals surface area contributed by atoms with Gasteiger partial charge < -0.3 is 19.5 Å². The van der Waals surface area contributed by atoms with Crippen molar-refractivity contribution in [2.24, 2.45) is 0 Å². The van der Waals surface area contributed by atoms with Gasteiger partial charge in [-0.2, -0.15) is 0 Å². The fraction of sp³-hybridized carbons (Fsp3) is 0.160. The average molecular weight is 448 g/mol. The Morgan fingerprint density at radius 2 is 1.91 bits per heavy atom. The van der Waals surface area contributed by atoms with Gasteiger partial charge >= 0.3 is 0 Å². The number of aromatic nitrogens is 1. The van der Waals surface area contributed by atoms with E-state index < -0.39 is 29.3 Å². The number of aliphatic hydroxyl groups excluding tert-OH is 1. The van der Waals surface area contributed by atoms with Crippen LogP contribution in [-0.2, 0) is 16.1 Å². The van der Waals surface area contributed by atoms with Crippen LogP contribution in [0.15, 0.2) is 72.6 Å². The number of pyridine rings is 1. The van der Waals surface area contributed by atoms with Crippen molar-refractivity contribution in [1.82, 2.24) is 9.88 Å². The number of likely N-dealkylation sites (tertiary alicyclic amines) is 1. The van der Waals surface area contributed by atoms with Gasteiger partial charge in [-0.3, -0.25) is 14.6 Å². The number of carbonyl (C=O) groups is 2. The molecule has 2 aromatic carbocycles. The van der Waals surface area contributed by atoms with Gasteiger partial charge in [-0.25, -0.2) is 4.39 Å². The molecule has 0 aliphatic carbocycles. The summed E-state index contributed by atoms with van der Waals surface area (Å²) in [6, 6.07) is 12.8. The molecule has 1 fully saturated rings. The molecule has 1 N–H and O–H groups in total. The van der Waals surface area contributed by atoms with Crippen LogP contribution >= 0.6 is 0 Å². The summed E-state index contributed by atoms with van der Waals surface area (Å²) in [6.45, 7) is 0.0517. The van der Waals surface area contributed by atoms with E-state index in [1.165, 1.54) is 43.4 Å². The van der Waals surface area contributed by atoms with Crippen molar-refractivity contribution in [1.29, 1.82) is 0 Å². The van der Waals surface area contributed by atoms with Gasteiger partial charge in [-0.1, -0.05) is 18.2 Å². The van der Waals surface area contributed by atoms with E-state index in [0.29, 0.717) is 16.9 Å². The van der Waals surface area contributed by atoms with E-state index in [0.717, 1.165) is 0 Å². The van der Waals surface area contributed by atoms with Crippen LogP contribution in [0, 0.1) is 5.82 Å². The van der Waals surface area contributed by atoms with Crippen LogP contribution in [0.1, 0.15) is 22.7 Å². The number of nitrogens with zero attached hydrogens (tertiary/aromatic N) is 2. The van der Waals surface area contributed by atoms with E-state index >= 15 is 0 Å². The third-order valence-electron chi connectivity index (χ3n) is 5.44. The van der Waals surface area contributed by atoms with Crippen LogP contribution in [0.2, 0.25) is 0 Å². The topological polar surface area (TPSA) is 89.0 Å². The molecule has 168 valence electrons. The summed E-state index contributed by atoms with van der Waals surface area (Å²) >= 11 is 0. The highest BCUT2D eigenvalue weighted by Crippen LogP contribution is 2.42. The summed E-state index contributed by atoms with van der Waals surface area (Å²) in [4.78, 5) is 31.5. The predicted molar refractivity (Wildman–Crippen MR) is 118 cm³/mol. The Hall–Kier alpha value is -4.20. The lowest BCUT2D eigenvalue weighted by atomic mass is 9.94. The molecule has 7 nitrogen and oxygen atoms in total. The number of ether oxygens (including phenoxy) is 2. The molecule has 8 heteroatoms. The fourth-order valence-electron chi connectivity index (χ4n) is 3.89. The number of hydrogen-bond acceptors (Lipinski definition) is 6. The van der Waals surface area contributed by atoms with Gasteiger partial charge in [0.15, 0.2) is 0 Å². The summed E-state index contributed by atoms with van der Waals surface area (Å²) < 4.78 is 24.7. The normalized spacial score (nSPS) is 17.3. The average Bonchev–Trinajstić information content (AvgIpc) is 3.08. The monoisotopic (exact) mass is 448 g/mol. The second-order valence-electron chi connectivity index (χ2n) is 7.41. The van der Waals surface area contributed by atoms with Gasteiger partial charge in [0.1, 0.15) is 23.1 Å². The molecule has 1 atom stereocenters. The molecule has 0 bridgehead atoms. The smallest absolute Gasteiger partial charge is 0.295 e. The van der Waals surface area contributed by atoms with Crippen LogP contribution in [0.5, 0.6) is 11.5 Å². The molecule has 1 aliphatic heterocycles. The Morgan fingerprint density at radius 1 is 1.09 bits per heavy atom. The number of Topliss-reactive ketones (excluding diaryl/α,β-unsaturated/α-hetero) is 1. The summed E-state index contributed by atoms with van der Waals surface area (Å²) in [7, 11) is 2.90. The number of benzene rings is 2. The third kappa shape index (κ3) is 4.15. The van der Waals surface area contributed by atoms with E-state index in [-0.39, 0.29) is 23.4 Å². The molecule has 2 heterocycles. The van der Waals surface area contributed by atoms with E-state index in [1.54, 1.807) is 42.7 Å². The van der Waals surface area contributed by atoms with E-state index in [2.05, 4.69) is 4.98 Å². The van der Waals surface area contributed by atoms with Crippen molar-refractivity contribution in [3.8, 4) is 11.5 Å². The number of ketones is 1. The van der Waals surface area contributed by atoms with E-state index in [1.807, 2.05) is 0 Å². The number of halogens is 1. The molecular weight excluding hydrogens is 427 g/mol. The maximum Gasteiger partial charge on any atom is 0.295 e. The molecule has 1 aliphatic rings. The first-order chi connectivity index (χ1) is 15.9. The molecule has 1 saturated heterocycles. The van der Waals surface area contributed by atoms with E-state index in [4.69, 9.17) is 9.47 Å². The number of methoxy groups -OCH3 is 2. The van der Waals surface area contributed by atoms with Crippen LogP contribution in [0.4, 0.5) is 4.39 Å². The van der Waals surface area contributed by atoms with Gasteiger partial charge in [0.25, 0.3) is 11.7 Å². The van der Waals surface area contributed by atoms with Gasteiger partial charge in [-0.05, 0) is 41.5 Å². The minimum Gasteiger partial charge on any atom is -0.507 e. The molecule has 33 heavy (non-hydrogen) atoms. The molecule has 1 amide bonds. The lowest BCUT2D eigenvalue weighted by molar-refractivity contribution is -0.140. The zero-order valence-electron chi connectivity index (χ0n) is 18.0. The van der Waals surface area contributed by atoms with Crippen LogP contribution in [0.25, 0.3) is 5.76 Å². The van der Waals surface area contributed by atoms with Crippen molar-refractivity contribution in [2.45, 2.75) is 12.6 Å². The number of aliphatic hydroxyl groups is 1. The molecule has 1 unspecified atom stereocenters. The van der Waals surface area contributed by atoms with Crippen molar-refractivity contribution in [2.75, 3.05) is 14.2 Å². The van der Waals surface area contributed by atoms with E-state index in [9.17, 15) is 19.1 Å². The van der Waals surface area contributed by atoms with Crippen molar-refractivity contribution in [3.05, 3.63) is 95.1 Å². The molecule has 3 aromatic rings. The largest absolute Gasteiger partial charge is 0.507 e. The molecule has 1 aromatic heterocycles. The quantitative estimate of drug-likeness (QED) is 0.350. The summed E-state index contributed by atoms with van der Waals surface area (Å²) in [5, 5.41) is 11.2. The SMILES string of the molecule is COc1ccc(C(O)=C2C(=O)C(=O)N(Cc3cccnc3)C2c2cccc(F)c2)c(OC)c1. The lowest BCUT2D eigenvalue weighted by Crippen LogP contribution is -2.29. The Kier molecular flexibility index (Phi) is 6.08. The first-order valence-corrected chi connectivity index (χ1v) is 10.1. The lowest BCUT2D eigenvalue weighted by Gasteiger charge is -2.25. The zero-order chi connectivity index (χ0) is 23.5. The van der Waals surface area contributed by atoms with Crippen molar-refractivity contribution >= 4 is 17.4 Å². The minimum atomic E-state index is -1.01. The maximum atomic E-state index is 14.1. The number of carbonyl (C=O) groups excluding carboxylic acids is 2. The van der Waals surface area contributed by atoms with Crippen molar-refractivity contribution < 1.29 is 28.6 Å². The van der Waals surface area contributed by atoms with Gasteiger partial charge in [0.2, 0.25) is 0 Å². The predicted octanol–water partition coefficient (Wildman–Crippen LogP) is 3.86. The highest BCUT2D eigenvalue weighted by Gasteiger charge is 2.46. The highest BCUT2D eigenvalue weighted by atomic mass is 19.1. The highest BCUT2D eigenvalue weighted by molar-refractivity contribution is 6.46.